The van der Waals surface area contributed by atoms with E-state index in [1.807, 2.05) is 6.92 Å². The molecule has 3 rings (SSSR count). The van der Waals surface area contributed by atoms with E-state index in [9.17, 15) is 14.4 Å². The van der Waals surface area contributed by atoms with Gasteiger partial charge in [-0.1, -0.05) is 77.6 Å². The molecule has 0 aromatic carbocycles. The zero-order valence-corrected chi connectivity index (χ0v) is 21.3. The van der Waals surface area contributed by atoms with Crippen LogP contribution in [0.2, 0.25) is 0 Å². The molecule has 1 atom stereocenters. The molecule has 34 heavy (non-hydrogen) atoms. The van der Waals surface area contributed by atoms with Crippen LogP contribution in [0.15, 0.2) is 0 Å². The van der Waals surface area contributed by atoms with Crippen LogP contribution in [0.3, 0.4) is 0 Å². The van der Waals surface area contributed by atoms with Gasteiger partial charge in [0.2, 0.25) is 11.8 Å². The van der Waals surface area contributed by atoms with Crippen molar-refractivity contribution in [2.45, 2.75) is 103 Å². The first-order valence-electron chi connectivity index (χ1n) is 14.0. The monoisotopic (exact) mass is 477 g/mol. The van der Waals surface area contributed by atoms with Gasteiger partial charge in [0.15, 0.2) is 0 Å². The number of nitrogens with zero attached hydrogens (tertiary/aromatic N) is 2. The number of amides is 3. The fourth-order valence-electron chi connectivity index (χ4n) is 6.64. The molecule has 1 saturated heterocycles. The molecule has 0 aromatic rings. The van der Waals surface area contributed by atoms with Crippen LogP contribution < -0.4 is 5.48 Å². The minimum absolute atomic E-state index is 0.137. The molecule has 3 aliphatic rings. The highest BCUT2D eigenvalue weighted by Gasteiger charge is 2.37. The predicted octanol–water partition coefficient (Wildman–Crippen LogP) is 4.53. The Bertz CT molecular complexity index is 640. The van der Waals surface area contributed by atoms with E-state index >= 15 is 0 Å². The molecule has 0 radical (unpaired) electrons. The molecule has 3 amide bonds. The third-order valence-corrected chi connectivity index (χ3v) is 8.60. The first kappa shape index (κ1) is 27.0. The second-order valence-electron chi connectivity index (χ2n) is 11.0. The standard InChI is InChI=1S/C27H47N3O4/c1-2-3-16-29(20-25(31)28-34)26(32)18-23-15-10-17-30(27(23)33)19-24(21-11-6-4-7-12-21)22-13-8-5-9-14-22/h21-24,34H,2-20H2,1H3,(H,28,31). The van der Waals surface area contributed by atoms with E-state index in [0.717, 1.165) is 50.6 Å². The second kappa shape index (κ2) is 14.1. The maximum Gasteiger partial charge on any atom is 0.262 e. The Hall–Kier alpha value is -1.63. The van der Waals surface area contributed by atoms with Crippen LogP contribution in [-0.4, -0.2) is 58.9 Å². The number of likely N-dealkylation sites (tertiary alicyclic amines) is 1. The highest BCUT2D eigenvalue weighted by atomic mass is 16.5. The summed E-state index contributed by atoms with van der Waals surface area (Å²) in [6.45, 7) is 4.02. The van der Waals surface area contributed by atoms with Crippen molar-refractivity contribution >= 4 is 17.7 Å². The number of piperidine rings is 1. The normalized spacial score (nSPS) is 22.7. The van der Waals surface area contributed by atoms with E-state index < -0.39 is 5.91 Å². The molecule has 0 bridgehead atoms. The summed E-state index contributed by atoms with van der Waals surface area (Å²) < 4.78 is 0. The van der Waals surface area contributed by atoms with Crippen LogP contribution in [0.5, 0.6) is 0 Å². The molecule has 0 spiro atoms. The summed E-state index contributed by atoms with van der Waals surface area (Å²) in [4.78, 5) is 41.8. The number of hydrogen-bond donors (Lipinski definition) is 2. The largest absolute Gasteiger partial charge is 0.342 e. The van der Waals surface area contributed by atoms with E-state index in [4.69, 9.17) is 5.21 Å². The SMILES string of the molecule is CCCCN(CC(=O)NO)C(=O)CC1CCCN(CC(C2CCCCC2)C2CCCCC2)C1=O. The summed E-state index contributed by atoms with van der Waals surface area (Å²) in [5.41, 5.74) is 1.62. The maximum absolute atomic E-state index is 13.5. The van der Waals surface area contributed by atoms with Crippen molar-refractivity contribution in [3.05, 3.63) is 0 Å². The van der Waals surface area contributed by atoms with Crippen LogP contribution in [0.4, 0.5) is 0 Å². The Labute approximate surface area is 206 Å². The average molecular weight is 478 g/mol. The van der Waals surface area contributed by atoms with Gasteiger partial charge in [-0.25, -0.2) is 5.48 Å². The van der Waals surface area contributed by atoms with E-state index in [0.29, 0.717) is 12.5 Å². The van der Waals surface area contributed by atoms with Gasteiger partial charge < -0.3 is 9.80 Å². The smallest absolute Gasteiger partial charge is 0.262 e. The van der Waals surface area contributed by atoms with Gasteiger partial charge in [0, 0.05) is 32.0 Å². The van der Waals surface area contributed by atoms with Crippen LogP contribution in [0.1, 0.15) is 103 Å². The van der Waals surface area contributed by atoms with Gasteiger partial charge in [-0.15, -0.1) is 0 Å². The zero-order valence-electron chi connectivity index (χ0n) is 21.3. The third kappa shape index (κ3) is 7.69. The van der Waals surface area contributed by atoms with Gasteiger partial charge in [0.25, 0.3) is 5.91 Å². The number of hydroxylamine groups is 1. The lowest BCUT2D eigenvalue weighted by Crippen LogP contribution is -2.48. The first-order chi connectivity index (χ1) is 16.5. The van der Waals surface area contributed by atoms with Crippen LogP contribution in [-0.2, 0) is 14.4 Å². The quantitative estimate of drug-likeness (QED) is 0.338. The van der Waals surface area contributed by atoms with E-state index in [-0.39, 0.29) is 30.7 Å². The van der Waals surface area contributed by atoms with E-state index in [1.165, 1.54) is 69.1 Å². The van der Waals surface area contributed by atoms with E-state index in [2.05, 4.69) is 4.90 Å². The van der Waals surface area contributed by atoms with Crippen LogP contribution in [0, 0.1) is 23.7 Å². The summed E-state index contributed by atoms with van der Waals surface area (Å²) in [6, 6.07) is 0. The maximum atomic E-state index is 13.5. The summed E-state index contributed by atoms with van der Waals surface area (Å²) >= 11 is 0. The molecule has 1 unspecified atom stereocenters. The Morgan fingerprint density at radius 1 is 1.00 bits per heavy atom. The van der Waals surface area contributed by atoms with Crippen molar-refractivity contribution in [2.75, 3.05) is 26.2 Å². The van der Waals surface area contributed by atoms with Crippen LogP contribution in [0.25, 0.3) is 0 Å². The molecule has 7 heteroatoms. The highest BCUT2D eigenvalue weighted by molar-refractivity contribution is 5.88. The molecule has 7 nitrogen and oxygen atoms in total. The van der Waals surface area contributed by atoms with Gasteiger partial charge in [-0.05, 0) is 37.0 Å². The summed E-state index contributed by atoms with van der Waals surface area (Å²) in [6.07, 6.45) is 16.8. The van der Waals surface area contributed by atoms with Crippen molar-refractivity contribution in [2.24, 2.45) is 23.7 Å². The minimum Gasteiger partial charge on any atom is -0.342 e. The Kier molecular flexibility index (Phi) is 11.1. The van der Waals surface area contributed by atoms with Crippen molar-refractivity contribution in [1.82, 2.24) is 15.3 Å². The fraction of sp³-hybridized carbons (Fsp3) is 0.889. The third-order valence-electron chi connectivity index (χ3n) is 8.60. The molecule has 2 saturated carbocycles. The minimum atomic E-state index is -0.594. The second-order valence-corrected chi connectivity index (χ2v) is 11.0. The Balaban J connectivity index is 1.63. The van der Waals surface area contributed by atoms with Crippen molar-refractivity contribution < 1.29 is 19.6 Å². The van der Waals surface area contributed by atoms with Gasteiger partial charge in [-0.3, -0.25) is 19.6 Å². The molecule has 194 valence electrons. The average Bonchev–Trinajstić information content (AvgIpc) is 2.87. The molecule has 1 aliphatic heterocycles. The number of hydrogen-bond acceptors (Lipinski definition) is 4. The number of rotatable bonds is 11. The lowest BCUT2D eigenvalue weighted by atomic mass is 9.69. The molecule has 0 aromatic heterocycles. The van der Waals surface area contributed by atoms with Gasteiger partial charge in [-0.2, -0.15) is 0 Å². The Morgan fingerprint density at radius 3 is 2.18 bits per heavy atom. The summed E-state index contributed by atoms with van der Waals surface area (Å²) in [5, 5.41) is 8.89. The summed E-state index contributed by atoms with van der Waals surface area (Å²) in [5.74, 6) is 1.19. The number of nitrogens with one attached hydrogen (secondary N) is 1. The molecule has 2 aliphatic carbocycles. The Morgan fingerprint density at radius 2 is 1.62 bits per heavy atom. The van der Waals surface area contributed by atoms with Crippen molar-refractivity contribution in [3.63, 3.8) is 0 Å². The number of unbranched alkanes of at least 4 members (excludes halogenated alkanes) is 1. The molecular weight excluding hydrogens is 430 g/mol. The molecular formula is C27H47N3O4. The fourth-order valence-corrected chi connectivity index (χ4v) is 6.64. The zero-order chi connectivity index (χ0) is 24.3. The van der Waals surface area contributed by atoms with Gasteiger partial charge >= 0.3 is 0 Å². The number of carbonyl (C=O) groups is 3. The lowest BCUT2D eigenvalue weighted by molar-refractivity contribution is -0.146. The van der Waals surface area contributed by atoms with Crippen molar-refractivity contribution in [1.29, 1.82) is 0 Å². The molecule has 3 fully saturated rings. The van der Waals surface area contributed by atoms with Crippen LogP contribution >= 0.6 is 0 Å². The summed E-state index contributed by atoms with van der Waals surface area (Å²) in [7, 11) is 0. The van der Waals surface area contributed by atoms with E-state index in [1.54, 1.807) is 5.48 Å². The predicted molar refractivity (Wildman–Crippen MR) is 132 cm³/mol. The van der Waals surface area contributed by atoms with Gasteiger partial charge in [0.05, 0.1) is 0 Å². The first-order valence-corrected chi connectivity index (χ1v) is 14.0. The molecule has 1 heterocycles. The number of carbonyl (C=O) groups excluding carboxylic acids is 3. The molecule has 2 N–H and O–H groups in total. The van der Waals surface area contributed by atoms with Gasteiger partial charge in [0.1, 0.15) is 6.54 Å². The topological polar surface area (TPSA) is 90.0 Å². The highest BCUT2D eigenvalue weighted by Crippen LogP contribution is 2.41. The van der Waals surface area contributed by atoms with Crippen molar-refractivity contribution in [3.8, 4) is 0 Å². The lowest BCUT2D eigenvalue weighted by Gasteiger charge is -2.42.